The zero-order chi connectivity index (χ0) is 22.7. The van der Waals surface area contributed by atoms with E-state index >= 15 is 0 Å². The molecule has 0 unspecified atom stereocenters. The Morgan fingerprint density at radius 3 is 2.00 bits per heavy atom. The summed E-state index contributed by atoms with van der Waals surface area (Å²) >= 11 is 0. The van der Waals surface area contributed by atoms with Crippen LogP contribution in [0.25, 0.3) is 0 Å². The third-order valence-electron chi connectivity index (χ3n) is 5.99. The number of amides is 1. The molecule has 2 fully saturated rings. The Hall–Kier alpha value is -2.72. The first-order chi connectivity index (χ1) is 15.3. The van der Waals surface area contributed by atoms with Gasteiger partial charge in [0.05, 0.1) is 4.90 Å². The maximum Gasteiger partial charge on any atom is 0.243 e. The van der Waals surface area contributed by atoms with E-state index in [0.717, 1.165) is 24.7 Å². The summed E-state index contributed by atoms with van der Waals surface area (Å²) in [6, 6.07) is 8.86. The first-order valence-electron chi connectivity index (χ1n) is 11.1. The van der Waals surface area contributed by atoms with E-state index in [2.05, 4.69) is 25.3 Å². The van der Waals surface area contributed by atoms with Crippen molar-refractivity contribution in [2.75, 3.05) is 54.4 Å². The number of aromatic nitrogens is 2. The van der Waals surface area contributed by atoms with Crippen molar-refractivity contribution in [2.45, 2.75) is 38.0 Å². The van der Waals surface area contributed by atoms with E-state index in [9.17, 15) is 13.2 Å². The second-order valence-electron chi connectivity index (χ2n) is 8.35. The first-order valence-corrected chi connectivity index (χ1v) is 12.5. The van der Waals surface area contributed by atoms with E-state index in [4.69, 9.17) is 0 Å². The van der Waals surface area contributed by atoms with Gasteiger partial charge in [0.15, 0.2) is 11.6 Å². The smallest absolute Gasteiger partial charge is 0.243 e. The number of nitrogens with zero attached hydrogens (tertiary/aromatic N) is 5. The van der Waals surface area contributed by atoms with Gasteiger partial charge in [-0.25, -0.2) is 8.42 Å². The largest absolute Gasteiger partial charge is 0.355 e. The molecule has 172 valence electrons. The molecule has 0 aliphatic carbocycles. The van der Waals surface area contributed by atoms with E-state index in [-0.39, 0.29) is 10.8 Å². The number of benzene rings is 1. The first kappa shape index (κ1) is 22.5. The SMILES string of the molecule is CC(=O)Nc1ccc(S(=O)(=O)N2CCN(c3ccc(N4CCCCC4)nn3)CC2)c(C)c1. The van der Waals surface area contributed by atoms with Gasteiger partial charge in [-0.3, -0.25) is 4.79 Å². The summed E-state index contributed by atoms with van der Waals surface area (Å²) < 4.78 is 27.9. The van der Waals surface area contributed by atoms with E-state index in [0.29, 0.717) is 37.4 Å². The van der Waals surface area contributed by atoms with E-state index in [1.807, 2.05) is 12.1 Å². The van der Waals surface area contributed by atoms with Crippen LogP contribution in [0.3, 0.4) is 0 Å². The van der Waals surface area contributed by atoms with Gasteiger partial charge in [0.1, 0.15) is 0 Å². The monoisotopic (exact) mass is 458 g/mol. The van der Waals surface area contributed by atoms with Gasteiger partial charge >= 0.3 is 0 Å². The fraction of sp³-hybridized carbons (Fsp3) is 0.500. The average Bonchev–Trinajstić information content (AvgIpc) is 2.79. The van der Waals surface area contributed by atoms with Crippen LogP contribution in [-0.4, -0.2) is 68.1 Å². The molecule has 0 atom stereocenters. The Kier molecular flexibility index (Phi) is 6.61. The Labute approximate surface area is 189 Å². The molecule has 0 radical (unpaired) electrons. The van der Waals surface area contributed by atoms with Gasteiger partial charge in [-0.15, -0.1) is 10.2 Å². The van der Waals surface area contributed by atoms with Gasteiger partial charge in [-0.2, -0.15) is 4.31 Å². The molecular weight excluding hydrogens is 428 g/mol. The number of carbonyl (C=O) groups is 1. The molecule has 32 heavy (non-hydrogen) atoms. The number of rotatable bonds is 5. The lowest BCUT2D eigenvalue weighted by molar-refractivity contribution is -0.114. The summed E-state index contributed by atoms with van der Waals surface area (Å²) in [5, 5.41) is 11.5. The highest BCUT2D eigenvalue weighted by atomic mass is 32.2. The minimum Gasteiger partial charge on any atom is -0.355 e. The average molecular weight is 459 g/mol. The molecule has 1 aromatic carbocycles. The molecule has 4 rings (SSSR count). The second kappa shape index (κ2) is 9.41. The summed E-state index contributed by atoms with van der Waals surface area (Å²) in [4.78, 5) is 15.9. The minimum absolute atomic E-state index is 0.191. The predicted molar refractivity (Wildman–Crippen MR) is 125 cm³/mol. The second-order valence-corrected chi connectivity index (χ2v) is 10.3. The van der Waals surface area contributed by atoms with Crippen LogP contribution in [0, 0.1) is 6.92 Å². The van der Waals surface area contributed by atoms with Crippen molar-refractivity contribution in [2.24, 2.45) is 0 Å². The number of nitrogens with one attached hydrogen (secondary N) is 1. The number of anilines is 3. The van der Waals surface area contributed by atoms with Crippen molar-refractivity contribution < 1.29 is 13.2 Å². The highest BCUT2D eigenvalue weighted by molar-refractivity contribution is 7.89. The van der Waals surface area contributed by atoms with E-state index < -0.39 is 10.0 Å². The topological polar surface area (TPSA) is 98.7 Å². The number of hydrogen-bond acceptors (Lipinski definition) is 7. The summed E-state index contributed by atoms with van der Waals surface area (Å²) in [6.45, 7) is 7.08. The van der Waals surface area contributed by atoms with Gasteiger partial charge in [0.25, 0.3) is 0 Å². The molecule has 0 saturated carbocycles. The maximum absolute atomic E-state index is 13.2. The van der Waals surface area contributed by atoms with Crippen LogP contribution < -0.4 is 15.1 Å². The summed E-state index contributed by atoms with van der Waals surface area (Å²) in [5.41, 5.74) is 1.20. The lowest BCUT2D eigenvalue weighted by atomic mass is 10.1. The Bertz CT molecular complexity index is 1060. The number of piperazine rings is 1. The molecule has 1 N–H and O–H groups in total. The van der Waals surface area contributed by atoms with Crippen LogP contribution in [-0.2, 0) is 14.8 Å². The molecule has 0 bridgehead atoms. The standard InChI is InChI=1S/C22H30N6O3S/c1-17-16-19(23-18(2)29)6-7-20(17)32(30,31)28-14-12-27(13-15-28)22-9-8-21(24-25-22)26-10-4-3-5-11-26/h6-9,16H,3-5,10-15H2,1-2H3,(H,23,29). The van der Waals surface area contributed by atoms with Crippen LogP contribution in [0.4, 0.5) is 17.3 Å². The number of piperidine rings is 1. The molecule has 9 nitrogen and oxygen atoms in total. The molecule has 2 aliphatic rings. The highest BCUT2D eigenvalue weighted by Gasteiger charge is 2.30. The molecule has 2 aromatic rings. The molecular formula is C22H30N6O3S. The molecule has 1 aromatic heterocycles. The Morgan fingerprint density at radius 1 is 0.875 bits per heavy atom. The fourth-order valence-electron chi connectivity index (χ4n) is 4.30. The number of sulfonamides is 1. The van der Waals surface area contributed by atoms with Crippen LogP contribution in [0.1, 0.15) is 31.7 Å². The van der Waals surface area contributed by atoms with Crippen molar-refractivity contribution in [3.05, 3.63) is 35.9 Å². The molecule has 10 heteroatoms. The maximum atomic E-state index is 13.2. The van der Waals surface area contributed by atoms with Crippen molar-refractivity contribution in [3.8, 4) is 0 Å². The quantitative estimate of drug-likeness (QED) is 0.734. The lowest BCUT2D eigenvalue weighted by Gasteiger charge is -2.35. The summed E-state index contributed by atoms with van der Waals surface area (Å²) in [6.07, 6.45) is 3.65. The Morgan fingerprint density at radius 2 is 1.47 bits per heavy atom. The zero-order valence-corrected chi connectivity index (χ0v) is 19.4. The number of carbonyl (C=O) groups excluding carboxylic acids is 1. The molecule has 0 spiro atoms. The molecule has 3 heterocycles. The summed E-state index contributed by atoms with van der Waals surface area (Å²) in [7, 11) is -3.61. The zero-order valence-electron chi connectivity index (χ0n) is 18.6. The van der Waals surface area contributed by atoms with Crippen LogP contribution in [0.15, 0.2) is 35.2 Å². The fourth-order valence-corrected chi connectivity index (χ4v) is 5.92. The molecule has 2 aliphatic heterocycles. The normalized spacial score (nSPS) is 17.9. The van der Waals surface area contributed by atoms with Crippen molar-refractivity contribution in [3.63, 3.8) is 0 Å². The van der Waals surface area contributed by atoms with Crippen LogP contribution in [0.5, 0.6) is 0 Å². The van der Waals surface area contributed by atoms with Gasteiger partial charge in [-0.05, 0) is 62.1 Å². The van der Waals surface area contributed by atoms with Crippen molar-refractivity contribution in [1.29, 1.82) is 0 Å². The minimum atomic E-state index is -3.61. The third kappa shape index (κ3) is 4.86. The van der Waals surface area contributed by atoms with Gasteiger partial charge in [0.2, 0.25) is 15.9 Å². The van der Waals surface area contributed by atoms with Crippen molar-refractivity contribution in [1.82, 2.24) is 14.5 Å². The highest BCUT2D eigenvalue weighted by Crippen LogP contribution is 2.25. The van der Waals surface area contributed by atoms with E-state index in [1.54, 1.807) is 25.1 Å². The van der Waals surface area contributed by atoms with Gasteiger partial charge in [-0.1, -0.05) is 0 Å². The number of aryl methyl sites for hydroxylation is 1. The van der Waals surface area contributed by atoms with E-state index in [1.165, 1.54) is 30.5 Å². The summed E-state index contributed by atoms with van der Waals surface area (Å²) in [5.74, 6) is 1.50. The third-order valence-corrected chi connectivity index (χ3v) is 8.05. The Balaban J connectivity index is 1.40. The van der Waals surface area contributed by atoms with Gasteiger partial charge < -0.3 is 15.1 Å². The van der Waals surface area contributed by atoms with Crippen LogP contribution in [0.2, 0.25) is 0 Å². The van der Waals surface area contributed by atoms with Crippen LogP contribution >= 0.6 is 0 Å². The predicted octanol–water partition coefficient (Wildman–Crippen LogP) is 2.24. The molecule has 1 amide bonds. The number of hydrogen-bond donors (Lipinski definition) is 1. The molecule has 2 saturated heterocycles. The van der Waals surface area contributed by atoms with Gasteiger partial charge in [0, 0.05) is 51.9 Å². The van der Waals surface area contributed by atoms with Crippen molar-refractivity contribution >= 4 is 33.3 Å². The lowest BCUT2D eigenvalue weighted by Crippen LogP contribution is -2.49.